The normalized spacial score (nSPS) is 12.4. The molecule has 0 saturated carbocycles. The maximum absolute atomic E-state index is 11.7. The number of anilines is 1. The number of nitro groups is 1. The topological polar surface area (TPSA) is 98.5 Å². The zero-order chi connectivity index (χ0) is 18.6. The van der Waals surface area contributed by atoms with Gasteiger partial charge in [-0.1, -0.05) is 11.6 Å². The van der Waals surface area contributed by atoms with E-state index in [1.54, 1.807) is 24.3 Å². The molecule has 134 valence electrons. The molecule has 1 unspecified atom stereocenters. The van der Waals surface area contributed by atoms with Crippen molar-refractivity contribution in [2.75, 3.05) is 18.1 Å². The Kier molecular flexibility index (Phi) is 5.86. The van der Waals surface area contributed by atoms with Crippen LogP contribution in [0.1, 0.15) is 6.92 Å². The molecule has 0 aliphatic carbocycles. The molecule has 0 aromatic heterocycles. The smallest absolute Gasteiger partial charge is 0.288 e. The maximum Gasteiger partial charge on any atom is 0.288 e. The van der Waals surface area contributed by atoms with Crippen LogP contribution in [0.4, 0.5) is 11.4 Å². The number of halogens is 1. The minimum atomic E-state index is -3.72. The number of sulfone groups is 1. The summed E-state index contributed by atoms with van der Waals surface area (Å²) in [6, 6.07) is 10.8. The lowest BCUT2D eigenvalue weighted by Gasteiger charge is -2.16. The molecular weight excluding hydrogens is 368 g/mol. The summed E-state index contributed by atoms with van der Waals surface area (Å²) in [5.41, 5.74) is 0.0103. The highest BCUT2D eigenvalue weighted by atomic mass is 35.5. The molecule has 2 aromatic rings. The van der Waals surface area contributed by atoms with Crippen LogP contribution in [-0.2, 0) is 9.84 Å². The molecule has 1 N–H and O–H groups in total. The second kappa shape index (κ2) is 7.71. The average molecular weight is 385 g/mol. The fourth-order valence-corrected chi connectivity index (χ4v) is 3.11. The third kappa shape index (κ3) is 5.33. The van der Waals surface area contributed by atoms with E-state index in [9.17, 15) is 18.5 Å². The molecule has 0 aliphatic heterocycles. The Bertz CT molecular complexity index is 869. The van der Waals surface area contributed by atoms with Crippen molar-refractivity contribution in [3.8, 4) is 5.75 Å². The van der Waals surface area contributed by atoms with Crippen molar-refractivity contribution < 1.29 is 18.1 Å². The minimum Gasteiger partial charge on any atom is -0.489 e. The third-order valence-corrected chi connectivity index (χ3v) is 4.68. The number of hydrogen-bond acceptors (Lipinski definition) is 6. The van der Waals surface area contributed by atoms with Crippen molar-refractivity contribution in [3.63, 3.8) is 0 Å². The third-order valence-electron chi connectivity index (χ3n) is 3.30. The van der Waals surface area contributed by atoms with Crippen molar-refractivity contribution in [1.29, 1.82) is 0 Å². The van der Waals surface area contributed by atoms with Crippen LogP contribution < -0.4 is 10.1 Å². The molecule has 0 heterocycles. The van der Waals surface area contributed by atoms with Gasteiger partial charge in [0.2, 0.25) is 0 Å². The number of hydrogen-bond donors (Lipinski definition) is 1. The summed E-state index contributed by atoms with van der Waals surface area (Å²) in [7, 11) is -3.72. The first kappa shape index (κ1) is 19.0. The number of rotatable bonds is 7. The van der Waals surface area contributed by atoms with Crippen LogP contribution in [0.25, 0.3) is 0 Å². The van der Waals surface area contributed by atoms with Crippen LogP contribution in [-0.4, -0.2) is 32.2 Å². The standard InChI is InChI=1S/C16H17ClN2O5S/c1-11(24-14-6-3-12(17)4-7-14)10-18-13-5-8-15(19(20)21)16(9-13)25(2,22)23/h3-9,11,18H,10H2,1-2H3. The fraction of sp³-hybridized carbons (Fsp3) is 0.250. The Hall–Kier alpha value is -2.32. The van der Waals surface area contributed by atoms with Gasteiger partial charge in [-0.25, -0.2) is 8.42 Å². The van der Waals surface area contributed by atoms with Gasteiger partial charge in [0.25, 0.3) is 5.69 Å². The first-order chi connectivity index (χ1) is 11.7. The van der Waals surface area contributed by atoms with Gasteiger partial charge in [0.1, 0.15) is 16.7 Å². The van der Waals surface area contributed by atoms with Gasteiger partial charge in [0.05, 0.1) is 11.5 Å². The summed E-state index contributed by atoms with van der Waals surface area (Å²) in [5.74, 6) is 0.652. The Labute approximate surface area is 150 Å². The number of ether oxygens (including phenoxy) is 1. The lowest BCUT2D eigenvalue weighted by Crippen LogP contribution is -2.22. The number of nitrogens with one attached hydrogen (secondary N) is 1. The Balaban J connectivity index is 2.07. The van der Waals surface area contributed by atoms with E-state index in [4.69, 9.17) is 16.3 Å². The molecule has 0 saturated heterocycles. The predicted molar refractivity (Wildman–Crippen MR) is 96.2 cm³/mol. The molecule has 25 heavy (non-hydrogen) atoms. The van der Waals surface area contributed by atoms with E-state index in [0.717, 1.165) is 6.26 Å². The SMILES string of the molecule is CC(CNc1ccc([N+](=O)[O-])c(S(C)(=O)=O)c1)Oc1ccc(Cl)cc1. The number of nitrogens with zero attached hydrogens (tertiary/aromatic N) is 1. The maximum atomic E-state index is 11.7. The van der Waals surface area contributed by atoms with Gasteiger partial charge in [-0.15, -0.1) is 0 Å². The molecule has 7 nitrogen and oxygen atoms in total. The van der Waals surface area contributed by atoms with E-state index in [-0.39, 0.29) is 11.0 Å². The van der Waals surface area contributed by atoms with E-state index in [0.29, 0.717) is 23.0 Å². The van der Waals surface area contributed by atoms with Crippen LogP contribution >= 0.6 is 11.6 Å². The Morgan fingerprint density at radius 1 is 1.24 bits per heavy atom. The predicted octanol–water partition coefficient (Wildman–Crippen LogP) is 3.53. The fourth-order valence-electron chi connectivity index (χ4n) is 2.12. The van der Waals surface area contributed by atoms with Gasteiger partial charge < -0.3 is 10.1 Å². The van der Waals surface area contributed by atoms with Gasteiger partial charge >= 0.3 is 0 Å². The van der Waals surface area contributed by atoms with Crippen LogP contribution in [0.5, 0.6) is 5.75 Å². The van der Waals surface area contributed by atoms with E-state index in [1.165, 1.54) is 18.2 Å². The van der Waals surface area contributed by atoms with Crippen LogP contribution in [0.3, 0.4) is 0 Å². The van der Waals surface area contributed by atoms with E-state index < -0.39 is 20.4 Å². The molecule has 0 radical (unpaired) electrons. The Morgan fingerprint density at radius 2 is 1.88 bits per heavy atom. The zero-order valence-corrected chi connectivity index (χ0v) is 15.2. The van der Waals surface area contributed by atoms with Crippen molar-refractivity contribution >= 4 is 32.8 Å². The number of nitro benzene ring substituents is 1. The molecule has 0 spiro atoms. The number of benzene rings is 2. The molecule has 9 heteroatoms. The van der Waals surface area contributed by atoms with Crippen LogP contribution in [0, 0.1) is 10.1 Å². The van der Waals surface area contributed by atoms with Crippen molar-refractivity contribution in [3.05, 3.63) is 57.6 Å². The second-order valence-corrected chi connectivity index (χ2v) is 7.90. The highest BCUT2D eigenvalue weighted by Gasteiger charge is 2.22. The Morgan fingerprint density at radius 3 is 2.44 bits per heavy atom. The quantitative estimate of drug-likeness (QED) is 0.579. The highest BCUT2D eigenvalue weighted by molar-refractivity contribution is 7.90. The summed E-state index contributed by atoms with van der Waals surface area (Å²) >= 11 is 5.81. The molecule has 2 rings (SSSR count). The molecule has 0 bridgehead atoms. The summed E-state index contributed by atoms with van der Waals surface area (Å²) in [4.78, 5) is 9.92. The van der Waals surface area contributed by atoms with Crippen molar-refractivity contribution in [2.45, 2.75) is 17.9 Å². The molecule has 1 atom stereocenters. The molecule has 2 aromatic carbocycles. The lowest BCUT2D eigenvalue weighted by atomic mass is 10.2. The first-order valence-electron chi connectivity index (χ1n) is 7.31. The molecule has 0 aliphatic rings. The molecular formula is C16H17ClN2O5S. The summed E-state index contributed by atoms with van der Waals surface area (Å²) < 4.78 is 29.2. The molecule has 0 amide bonds. The second-order valence-electron chi connectivity index (χ2n) is 5.48. The van der Waals surface area contributed by atoms with Gasteiger partial charge in [0, 0.05) is 23.0 Å². The van der Waals surface area contributed by atoms with Gasteiger partial charge in [-0.2, -0.15) is 0 Å². The molecule has 0 fully saturated rings. The highest BCUT2D eigenvalue weighted by Crippen LogP contribution is 2.27. The van der Waals surface area contributed by atoms with Crippen molar-refractivity contribution in [2.24, 2.45) is 0 Å². The zero-order valence-electron chi connectivity index (χ0n) is 13.6. The van der Waals surface area contributed by atoms with Gasteiger partial charge in [0.15, 0.2) is 9.84 Å². The van der Waals surface area contributed by atoms with Crippen LogP contribution in [0.15, 0.2) is 47.4 Å². The van der Waals surface area contributed by atoms with Gasteiger partial charge in [-0.3, -0.25) is 10.1 Å². The monoisotopic (exact) mass is 384 g/mol. The van der Waals surface area contributed by atoms with E-state index >= 15 is 0 Å². The average Bonchev–Trinajstić information content (AvgIpc) is 2.54. The van der Waals surface area contributed by atoms with E-state index in [1.807, 2.05) is 6.92 Å². The minimum absolute atomic E-state index is 0.224. The van der Waals surface area contributed by atoms with Crippen LogP contribution in [0.2, 0.25) is 5.02 Å². The van der Waals surface area contributed by atoms with E-state index in [2.05, 4.69) is 5.32 Å². The first-order valence-corrected chi connectivity index (χ1v) is 9.58. The summed E-state index contributed by atoms with van der Waals surface area (Å²) in [6.45, 7) is 2.22. The lowest BCUT2D eigenvalue weighted by molar-refractivity contribution is -0.387. The summed E-state index contributed by atoms with van der Waals surface area (Å²) in [5, 5.41) is 14.6. The largest absolute Gasteiger partial charge is 0.489 e. The van der Waals surface area contributed by atoms with Gasteiger partial charge in [-0.05, 0) is 43.3 Å². The summed E-state index contributed by atoms with van der Waals surface area (Å²) in [6.07, 6.45) is 0.712. The van der Waals surface area contributed by atoms with Crippen molar-refractivity contribution in [1.82, 2.24) is 0 Å².